The third-order valence-electron chi connectivity index (χ3n) is 4.48. The van der Waals surface area contributed by atoms with E-state index in [-0.39, 0.29) is 11.4 Å². The standard InChI is InChI=1S/C11H11N3O3.C7H6INO3.C4H6N2/c1-13-10(5-6-12-13)9-4-3-8(14(15)16)7-11(9)17-2;1-12-7-3-2-5(9(10)11)4-6(7)8;1-6-4-2-3-5-6/h3-7H,1-2H3;2-4H,1H3;2-4H,1H3. The summed E-state index contributed by atoms with van der Waals surface area (Å²) >= 11 is 1.99. The molecule has 0 saturated heterocycles. The van der Waals surface area contributed by atoms with Crippen LogP contribution >= 0.6 is 22.6 Å². The smallest absolute Gasteiger partial charge is 0.273 e. The van der Waals surface area contributed by atoms with Crippen LogP contribution in [0.3, 0.4) is 0 Å². The molecule has 0 radical (unpaired) electrons. The van der Waals surface area contributed by atoms with Gasteiger partial charge in [-0.05, 0) is 46.9 Å². The Morgan fingerprint density at radius 1 is 0.857 bits per heavy atom. The van der Waals surface area contributed by atoms with E-state index in [0.29, 0.717) is 11.5 Å². The van der Waals surface area contributed by atoms with Crippen molar-refractivity contribution in [2.45, 2.75) is 0 Å². The van der Waals surface area contributed by atoms with Gasteiger partial charge in [0.15, 0.2) is 0 Å². The molecule has 184 valence electrons. The molecule has 12 nitrogen and oxygen atoms in total. The van der Waals surface area contributed by atoms with Gasteiger partial charge in [-0.2, -0.15) is 10.2 Å². The lowest BCUT2D eigenvalue weighted by Gasteiger charge is -2.08. The van der Waals surface area contributed by atoms with Crippen molar-refractivity contribution in [3.05, 3.63) is 90.9 Å². The molecule has 0 amide bonds. The zero-order valence-electron chi connectivity index (χ0n) is 19.4. The molecule has 0 unspecified atom stereocenters. The number of nitro benzene ring substituents is 2. The van der Waals surface area contributed by atoms with E-state index >= 15 is 0 Å². The second-order valence-corrected chi connectivity index (χ2v) is 7.90. The molecule has 4 aromatic rings. The van der Waals surface area contributed by atoms with Crippen molar-refractivity contribution in [3.63, 3.8) is 0 Å². The van der Waals surface area contributed by atoms with E-state index in [4.69, 9.17) is 9.47 Å². The molecule has 0 aliphatic heterocycles. The highest BCUT2D eigenvalue weighted by Crippen LogP contribution is 2.32. The molecule has 2 aromatic heterocycles. The lowest BCUT2D eigenvalue weighted by Crippen LogP contribution is -1.97. The molecule has 0 aliphatic rings. The molecule has 13 heteroatoms. The number of aromatic nitrogens is 4. The van der Waals surface area contributed by atoms with Crippen molar-refractivity contribution >= 4 is 34.0 Å². The number of nitro groups is 2. The molecule has 0 fully saturated rings. The summed E-state index contributed by atoms with van der Waals surface area (Å²) in [4.78, 5) is 20.1. The summed E-state index contributed by atoms with van der Waals surface area (Å²) in [6.45, 7) is 0. The number of ether oxygens (including phenoxy) is 2. The predicted octanol–water partition coefficient (Wildman–Crippen LogP) is 4.63. The largest absolute Gasteiger partial charge is 0.496 e. The van der Waals surface area contributed by atoms with Gasteiger partial charge >= 0.3 is 0 Å². The number of aryl methyl sites for hydroxylation is 2. The van der Waals surface area contributed by atoms with Crippen LogP contribution in [0.5, 0.6) is 11.5 Å². The van der Waals surface area contributed by atoms with Gasteiger partial charge in [0, 0.05) is 56.4 Å². The highest BCUT2D eigenvalue weighted by molar-refractivity contribution is 14.1. The normalized spacial score (nSPS) is 9.74. The minimum atomic E-state index is -0.449. The number of halogens is 1. The molecule has 2 heterocycles. The fourth-order valence-electron chi connectivity index (χ4n) is 2.76. The van der Waals surface area contributed by atoms with Crippen LogP contribution in [-0.2, 0) is 14.1 Å². The Morgan fingerprint density at radius 2 is 1.49 bits per heavy atom. The molecule has 0 aliphatic carbocycles. The first-order valence-corrected chi connectivity index (χ1v) is 11.0. The van der Waals surface area contributed by atoms with Crippen molar-refractivity contribution < 1.29 is 19.3 Å². The van der Waals surface area contributed by atoms with Gasteiger partial charge in [0.05, 0.1) is 39.4 Å². The van der Waals surface area contributed by atoms with E-state index in [1.54, 1.807) is 40.9 Å². The summed E-state index contributed by atoms with van der Waals surface area (Å²) in [5.74, 6) is 1.11. The van der Waals surface area contributed by atoms with Gasteiger partial charge in [0.1, 0.15) is 11.5 Å². The quantitative estimate of drug-likeness (QED) is 0.185. The minimum Gasteiger partial charge on any atom is -0.496 e. The maximum Gasteiger partial charge on any atom is 0.273 e. The second-order valence-electron chi connectivity index (χ2n) is 6.74. The maximum absolute atomic E-state index is 10.7. The van der Waals surface area contributed by atoms with E-state index in [2.05, 4.69) is 10.2 Å². The molecule has 35 heavy (non-hydrogen) atoms. The van der Waals surface area contributed by atoms with Crippen LogP contribution in [0.1, 0.15) is 0 Å². The van der Waals surface area contributed by atoms with Gasteiger partial charge in [0.25, 0.3) is 11.4 Å². The molecular formula is C22H23IN6O6. The molecule has 0 spiro atoms. The van der Waals surface area contributed by atoms with E-state index in [0.717, 1.165) is 14.8 Å². The Kier molecular flexibility index (Phi) is 10.1. The number of methoxy groups -OCH3 is 2. The minimum absolute atomic E-state index is 0.00719. The topological polar surface area (TPSA) is 140 Å². The van der Waals surface area contributed by atoms with Gasteiger partial charge in [0.2, 0.25) is 0 Å². The summed E-state index contributed by atoms with van der Waals surface area (Å²) in [6, 6.07) is 12.7. The molecule has 0 saturated carbocycles. The predicted molar refractivity (Wildman–Crippen MR) is 137 cm³/mol. The Morgan fingerprint density at radius 3 is 1.91 bits per heavy atom. The molecule has 2 aromatic carbocycles. The van der Waals surface area contributed by atoms with E-state index in [9.17, 15) is 20.2 Å². The molecule has 0 N–H and O–H groups in total. The monoisotopic (exact) mass is 594 g/mol. The molecular weight excluding hydrogens is 571 g/mol. The van der Waals surface area contributed by atoms with Gasteiger partial charge in [-0.25, -0.2) is 0 Å². The number of rotatable bonds is 5. The number of benzene rings is 2. The zero-order chi connectivity index (χ0) is 26.0. The van der Waals surface area contributed by atoms with Crippen LogP contribution in [0.15, 0.2) is 67.1 Å². The number of hydrogen-bond acceptors (Lipinski definition) is 8. The lowest BCUT2D eigenvalue weighted by atomic mass is 10.1. The fourth-order valence-corrected chi connectivity index (χ4v) is 3.48. The van der Waals surface area contributed by atoms with Crippen LogP contribution in [0, 0.1) is 23.8 Å². The van der Waals surface area contributed by atoms with Crippen LogP contribution in [-0.4, -0.2) is 43.6 Å². The summed E-state index contributed by atoms with van der Waals surface area (Å²) in [5, 5.41) is 28.9. The zero-order valence-corrected chi connectivity index (χ0v) is 21.5. The molecule has 0 bridgehead atoms. The Hall–Kier alpha value is -4.01. The highest BCUT2D eigenvalue weighted by atomic mass is 127. The van der Waals surface area contributed by atoms with Crippen molar-refractivity contribution in [2.24, 2.45) is 14.1 Å². The summed E-state index contributed by atoms with van der Waals surface area (Å²) in [5.41, 5.74) is 1.71. The van der Waals surface area contributed by atoms with E-state index in [1.165, 1.54) is 38.5 Å². The number of nitrogens with zero attached hydrogens (tertiary/aromatic N) is 6. The van der Waals surface area contributed by atoms with Crippen molar-refractivity contribution in [2.75, 3.05) is 14.2 Å². The Bertz CT molecular complexity index is 1280. The van der Waals surface area contributed by atoms with Crippen LogP contribution in [0.2, 0.25) is 0 Å². The lowest BCUT2D eigenvalue weighted by molar-refractivity contribution is -0.385. The van der Waals surface area contributed by atoms with E-state index < -0.39 is 9.85 Å². The van der Waals surface area contributed by atoms with Crippen molar-refractivity contribution in [1.29, 1.82) is 0 Å². The SMILES string of the molecule is COc1cc([N+](=O)[O-])ccc1-c1ccnn1C.COc1ccc([N+](=O)[O-])cc1I.Cn1cccn1. The first kappa shape index (κ1) is 27.2. The highest BCUT2D eigenvalue weighted by Gasteiger charge is 2.14. The Balaban J connectivity index is 0.000000207. The summed E-state index contributed by atoms with van der Waals surface area (Å²) in [6.07, 6.45) is 5.30. The van der Waals surface area contributed by atoms with Crippen LogP contribution in [0.4, 0.5) is 11.4 Å². The van der Waals surface area contributed by atoms with Gasteiger partial charge in [-0.1, -0.05) is 0 Å². The second kappa shape index (κ2) is 13.0. The van der Waals surface area contributed by atoms with Gasteiger partial charge in [-0.3, -0.25) is 29.6 Å². The van der Waals surface area contributed by atoms with Crippen LogP contribution in [0.25, 0.3) is 11.3 Å². The third-order valence-corrected chi connectivity index (χ3v) is 5.32. The summed E-state index contributed by atoms with van der Waals surface area (Å²) < 4.78 is 14.3. The Labute approximate surface area is 214 Å². The summed E-state index contributed by atoms with van der Waals surface area (Å²) in [7, 11) is 6.71. The van der Waals surface area contributed by atoms with Crippen molar-refractivity contribution in [3.8, 4) is 22.8 Å². The van der Waals surface area contributed by atoms with E-state index in [1.807, 2.05) is 48.0 Å². The third kappa shape index (κ3) is 7.77. The molecule has 4 rings (SSSR count). The average molecular weight is 594 g/mol. The number of non-ortho nitro benzene ring substituents is 2. The number of hydrogen-bond donors (Lipinski definition) is 0. The maximum atomic E-state index is 10.7. The molecule has 0 atom stereocenters. The fraction of sp³-hybridized carbons (Fsp3) is 0.182. The average Bonchev–Trinajstić information content (AvgIpc) is 3.50. The van der Waals surface area contributed by atoms with Crippen LogP contribution < -0.4 is 9.47 Å². The first-order chi connectivity index (χ1) is 16.7. The van der Waals surface area contributed by atoms with Crippen molar-refractivity contribution in [1.82, 2.24) is 19.6 Å². The van der Waals surface area contributed by atoms with Gasteiger partial charge < -0.3 is 9.47 Å². The van der Waals surface area contributed by atoms with Gasteiger partial charge in [-0.15, -0.1) is 0 Å². The first-order valence-electron chi connectivity index (χ1n) is 9.90.